The highest BCUT2D eigenvalue weighted by molar-refractivity contribution is 5.86. The van der Waals surface area contributed by atoms with E-state index in [1.165, 1.54) is 16.3 Å². The van der Waals surface area contributed by atoms with E-state index in [9.17, 15) is 0 Å². The summed E-state index contributed by atoms with van der Waals surface area (Å²) in [5.74, 6) is 0.593. The van der Waals surface area contributed by atoms with Gasteiger partial charge < -0.3 is 5.32 Å². The smallest absolute Gasteiger partial charge is 0.0347 e. The Labute approximate surface area is 97.5 Å². The monoisotopic (exact) mass is 213 g/mol. The molecule has 0 aliphatic carbocycles. The van der Waals surface area contributed by atoms with Crippen molar-refractivity contribution in [3.63, 3.8) is 0 Å². The van der Waals surface area contributed by atoms with Gasteiger partial charge in [0, 0.05) is 6.04 Å². The Hall–Kier alpha value is -1.34. The average molecular weight is 213 g/mol. The molecule has 0 aromatic heterocycles. The van der Waals surface area contributed by atoms with E-state index in [1.807, 2.05) is 7.05 Å². The maximum absolute atomic E-state index is 3.41. The highest BCUT2D eigenvalue weighted by Gasteiger charge is 2.15. The fourth-order valence-electron chi connectivity index (χ4n) is 2.37. The third-order valence-electron chi connectivity index (χ3n) is 3.14. The van der Waals surface area contributed by atoms with Crippen LogP contribution in [0.4, 0.5) is 0 Å². The first-order valence-electron chi connectivity index (χ1n) is 5.89. The minimum atomic E-state index is 0.422. The third-order valence-corrected chi connectivity index (χ3v) is 3.14. The maximum atomic E-state index is 3.41. The van der Waals surface area contributed by atoms with Gasteiger partial charge in [-0.15, -0.1) is 0 Å². The molecule has 1 atom stereocenters. The van der Waals surface area contributed by atoms with E-state index in [0.29, 0.717) is 12.0 Å². The van der Waals surface area contributed by atoms with Crippen molar-refractivity contribution < 1.29 is 0 Å². The minimum absolute atomic E-state index is 0.422. The van der Waals surface area contributed by atoms with Gasteiger partial charge in [-0.3, -0.25) is 0 Å². The first kappa shape index (κ1) is 11.2. The van der Waals surface area contributed by atoms with Gasteiger partial charge in [-0.1, -0.05) is 56.3 Å². The molecule has 1 N–H and O–H groups in total. The van der Waals surface area contributed by atoms with Crippen LogP contribution in [0, 0.1) is 5.92 Å². The first-order chi connectivity index (χ1) is 7.74. The molecule has 1 heteroatoms. The van der Waals surface area contributed by atoms with Gasteiger partial charge in [-0.25, -0.2) is 0 Å². The number of rotatable bonds is 3. The molecule has 1 nitrogen and oxygen atoms in total. The fourth-order valence-corrected chi connectivity index (χ4v) is 2.37. The molecule has 0 amide bonds. The van der Waals surface area contributed by atoms with Crippen molar-refractivity contribution in [2.75, 3.05) is 7.05 Å². The van der Waals surface area contributed by atoms with Gasteiger partial charge >= 0.3 is 0 Å². The normalized spacial score (nSPS) is 13.2. The zero-order valence-corrected chi connectivity index (χ0v) is 10.2. The number of benzene rings is 2. The molecule has 0 aliphatic heterocycles. The van der Waals surface area contributed by atoms with Crippen molar-refractivity contribution in [2.45, 2.75) is 19.9 Å². The molecular weight excluding hydrogens is 194 g/mol. The van der Waals surface area contributed by atoms with E-state index < -0.39 is 0 Å². The van der Waals surface area contributed by atoms with E-state index in [1.54, 1.807) is 0 Å². The maximum Gasteiger partial charge on any atom is 0.0347 e. The summed E-state index contributed by atoms with van der Waals surface area (Å²) in [7, 11) is 2.03. The molecule has 2 aromatic rings. The molecule has 0 bridgehead atoms. The predicted molar refractivity (Wildman–Crippen MR) is 70.6 cm³/mol. The van der Waals surface area contributed by atoms with Crippen LogP contribution in [0.2, 0.25) is 0 Å². The zero-order valence-electron chi connectivity index (χ0n) is 10.2. The van der Waals surface area contributed by atoms with Gasteiger partial charge in [0.1, 0.15) is 0 Å². The summed E-state index contributed by atoms with van der Waals surface area (Å²) >= 11 is 0. The van der Waals surface area contributed by atoms with Crippen LogP contribution in [0.15, 0.2) is 42.5 Å². The van der Waals surface area contributed by atoms with E-state index in [4.69, 9.17) is 0 Å². The molecule has 0 saturated heterocycles. The van der Waals surface area contributed by atoms with Crippen LogP contribution in [0.5, 0.6) is 0 Å². The molecule has 0 aliphatic rings. The Morgan fingerprint density at radius 1 is 0.938 bits per heavy atom. The van der Waals surface area contributed by atoms with E-state index >= 15 is 0 Å². The van der Waals surface area contributed by atoms with Crippen LogP contribution in [-0.4, -0.2) is 7.05 Å². The average Bonchev–Trinajstić information content (AvgIpc) is 2.30. The lowest BCUT2D eigenvalue weighted by atomic mass is 9.92. The van der Waals surface area contributed by atoms with Gasteiger partial charge in [-0.05, 0) is 29.3 Å². The van der Waals surface area contributed by atoms with Crippen molar-refractivity contribution >= 4 is 10.8 Å². The summed E-state index contributed by atoms with van der Waals surface area (Å²) in [4.78, 5) is 0. The number of hydrogen-bond acceptors (Lipinski definition) is 1. The molecule has 16 heavy (non-hydrogen) atoms. The summed E-state index contributed by atoms with van der Waals surface area (Å²) in [5.41, 5.74) is 1.40. The number of nitrogens with one attached hydrogen (secondary N) is 1. The molecule has 1 unspecified atom stereocenters. The Morgan fingerprint density at radius 2 is 1.62 bits per heavy atom. The topological polar surface area (TPSA) is 12.0 Å². The summed E-state index contributed by atoms with van der Waals surface area (Å²) < 4.78 is 0. The Kier molecular flexibility index (Phi) is 3.25. The molecule has 2 aromatic carbocycles. The van der Waals surface area contributed by atoms with Crippen LogP contribution in [0.1, 0.15) is 25.5 Å². The molecular formula is C15H19N. The lowest BCUT2D eigenvalue weighted by Gasteiger charge is -2.22. The SMILES string of the molecule is CNC(c1cccc2ccccc12)C(C)C. The quantitative estimate of drug-likeness (QED) is 0.818. The molecule has 0 saturated carbocycles. The Bertz CT molecular complexity index is 468. The Balaban J connectivity index is 2.59. The predicted octanol–water partition coefficient (Wildman–Crippen LogP) is 3.76. The third kappa shape index (κ3) is 1.96. The summed E-state index contributed by atoms with van der Waals surface area (Å²) in [6.45, 7) is 4.51. The number of fused-ring (bicyclic) bond motifs is 1. The van der Waals surface area contributed by atoms with E-state index in [2.05, 4.69) is 61.6 Å². The Morgan fingerprint density at radius 3 is 2.31 bits per heavy atom. The van der Waals surface area contributed by atoms with Crippen LogP contribution in [0.25, 0.3) is 10.8 Å². The van der Waals surface area contributed by atoms with Crippen molar-refractivity contribution in [1.82, 2.24) is 5.32 Å². The van der Waals surface area contributed by atoms with Crippen molar-refractivity contribution in [2.24, 2.45) is 5.92 Å². The minimum Gasteiger partial charge on any atom is -0.313 e. The summed E-state index contributed by atoms with van der Waals surface area (Å²) in [6, 6.07) is 15.5. The van der Waals surface area contributed by atoms with Crippen LogP contribution in [0.3, 0.4) is 0 Å². The summed E-state index contributed by atoms with van der Waals surface area (Å²) in [5, 5.41) is 6.09. The van der Waals surface area contributed by atoms with Crippen molar-refractivity contribution in [1.29, 1.82) is 0 Å². The second-order valence-corrected chi connectivity index (χ2v) is 4.58. The van der Waals surface area contributed by atoms with Crippen molar-refractivity contribution in [3.8, 4) is 0 Å². The van der Waals surface area contributed by atoms with Gasteiger partial charge in [0.05, 0.1) is 0 Å². The van der Waals surface area contributed by atoms with Crippen LogP contribution < -0.4 is 5.32 Å². The molecule has 0 radical (unpaired) electrons. The van der Waals surface area contributed by atoms with Crippen LogP contribution in [-0.2, 0) is 0 Å². The number of hydrogen-bond donors (Lipinski definition) is 1. The van der Waals surface area contributed by atoms with E-state index in [-0.39, 0.29) is 0 Å². The van der Waals surface area contributed by atoms with E-state index in [0.717, 1.165) is 0 Å². The molecule has 2 rings (SSSR count). The lowest BCUT2D eigenvalue weighted by Crippen LogP contribution is -2.21. The standard InChI is InChI=1S/C15H19N/c1-11(2)15(16-3)14-10-6-8-12-7-4-5-9-13(12)14/h4-11,15-16H,1-3H3. The molecule has 0 heterocycles. The zero-order chi connectivity index (χ0) is 11.5. The molecule has 0 spiro atoms. The highest BCUT2D eigenvalue weighted by atomic mass is 14.9. The van der Waals surface area contributed by atoms with Gasteiger partial charge in [0.15, 0.2) is 0 Å². The lowest BCUT2D eigenvalue weighted by molar-refractivity contribution is 0.446. The summed E-state index contributed by atoms with van der Waals surface area (Å²) in [6.07, 6.45) is 0. The molecule has 0 fully saturated rings. The first-order valence-corrected chi connectivity index (χ1v) is 5.89. The largest absolute Gasteiger partial charge is 0.313 e. The fraction of sp³-hybridized carbons (Fsp3) is 0.333. The highest BCUT2D eigenvalue weighted by Crippen LogP contribution is 2.28. The van der Waals surface area contributed by atoms with Gasteiger partial charge in [0.2, 0.25) is 0 Å². The van der Waals surface area contributed by atoms with Gasteiger partial charge in [-0.2, -0.15) is 0 Å². The van der Waals surface area contributed by atoms with Gasteiger partial charge in [0.25, 0.3) is 0 Å². The van der Waals surface area contributed by atoms with Crippen molar-refractivity contribution in [3.05, 3.63) is 48.0 Å². The van der Waals surface area contributed by atoms with Crippen LogP contribution >= 0.6 is 0 Å². The second-order valence-electron chi connectivity index (χ2n) is 4.58. The second kappa shape index (κ2) is 4.67. The molecule has 84 valence electrons.